The Hall–Kier alpha value is -1.63. The fourth-order valence-corrected chi connectivity index (χ4v) is 1.76. The molecule has 2 heterocycles. The molecule has 7 nitrogen and oxygen atoms in total. The molecule has 0 aromatic carbocycles. The maximum absolute atomic E-state index is 11.5. The predicted molar refractivity (Wildman–Crippen MR) is 57.5 cm³/mol. The summed E-state index contributed by atoms with van der Waals surface area (Å²) in [5.74, 6) is 0.204. The molecule has 88 valence electrons. The number of piperidine rings is 1. The third-order valence-corrected chi connectivity index (χ3v) is 2.83. The van der Waals surface area contributed by atoms with Gasteiger partial charge in [0.15, 0.2) is 0 Å². The number of hydrogen-bond donors (Lipinski definition) is 3. The molecule has 1 saturated heterocycles. The summed E-state index contributed by atoms with van der Waals surface area (Å²) in [6.45, 7) is 2.87. The standard InChI is InChI=1S/C9H14N4O3/c1-9(16)2-4-13(5-3-9)6-7(14)10-8(15)12-11-6/h16H,2-5H2,1H3,(H2,10,12,14,15). The van der Waals surface area contributed by atoms with Crippen LogP contribution in [0.15, 0.2) is 9.59 Å². The van der Waals surface area contributed by atoms with Gasteiger partial charge in [0, 0.05) is 13.1 Å². The van der Waals surface area contributed by atoms with E-state index in [1.54, 1.807) is 11.8 Å². The van der Waals surface area contributed by atoms with Crippen molar-refractivity contribution < 1.29 is 5.11 Å². The second-order valence-electron chi connectivity index (χ2n) is 4.31. The number of hydrogen-bond acceptors (Lipinski definition) is 5. The maximum atomic E-state index is 11.5. The number of H-pyrrole nitrogens is 2. The molecule has 3 N–H and O–H groups in total. The van der Waals surface area contributed by atoms with Gasteiger partial charge in [-0.1, -0.05) is 0 Å². The van der Waals surface area contributed by atoms with Gasteiger partial charge in [-0.05, 0) is 19.8 Å². The second kappa shape index (κ2) is 3.75. The average molecular weight is 226 g/mol. The highest BCUT2D eigenvalue weighted by molar-refractivity contribution is 5.34. The summed E-state index contributed by atoms with van der Waals surface area (Å²) in [4.78, 5) is 26.1. The van der Waals surface area contributed by atoms with Crippen molar-refractivity contribution in [2.45, 2.75) is 25.4 Å². The quantitative estimate of drug-likeness (QED) is 0.559. The van der Waals surface area contributed by atoms with E-state index in [9.17, 15) is 14.7 Å². The minimum absolute atomic E-state index is 0.204. The summed E-state index contributed by atoms with van der Waals surface area (Å²) < 4.78 is 0. The molecule has 1 aromatic heterocycles. The van der Waals surface area contributed by atoms with E-state index in [1.807, 2.05) is 0 Å². The third-order valence-electron chi connectivity index (χ3n) is 2.83. The lowest BCUT2D eigenvalue weighted by molar-refractivity contribution is 0.0349. The molecule has 16 heavy (non-hydrogen) atoms. The third kappa shape index (κ3) is 2.13. The number of rotatable bonds is 1. The minimum atomic E-state index is -0.675. The molecule has 1 aliphatic heterocycles. The summed E-state index contributed by atoms with van der Waals surface area (Å²) in [6, 6.07) is 0. The smallest absolute Gasteiger partial charge is 0.342 e. The van der Waals surface area contributed by atoms with Crippen LogP contribution in [0.1, 0.15) is 19.8 Å². The fourth-order valence-electron chi connectivity index (χ4n) is 1.76. The molecule has 2 rings (SSSR count). The van der Waals surface area contributed by atoms with Gasteiger partial charge in [0.25, 0.3) is 5.56 Å². The normalized spacial score (nSPS) is 19.8. The van der Waals surface area contributed by atoms with Gasteiger partial charge in [-0.15, -0.1) is 5.10 Å². The van der Waals surface area contributed by atoms with Crippen molar-refractivity contribution >= 4 is 5.82 Å². The van der Waals surface area contributed by atoms with Gasteiger partial charge in [0.05, 0.1) is 5.60 Å². The summed E-state index contributed by atoms with van der Waals surface area (Å²) >= 11 is 0. The molecular formula is C9H14N4O3. The first kappa shape index (κ1) is 10.9. The Morgan fingerprint density at radius 3 is 2.56 bits per heavy atom. The van der Waals surface area contributed by atoms with Crippen LogP contribution in [0.5, 0.6) is 0 Å². The molecule has 0 radical (unpaired) electrons. The zero-order chi connectivity index (χ0) is 11.8. The van der Waals surface area contributed by atoms with Gasteiger partial charge in [0.2, 0.25) is 5.82 Å². The lowest BCUT2D eigenvalue weighted by Crippen LogP contribution is -2.45. The highest BCUT2D eigenvalue weighted by atomic mass is 16.3. The first-order chi connectivity index (χ1) is 7.48. The van der Waals surface area contributed by atoms with E-state index in [0.29, 0.717) is 25.9 Å². The Morgan fingerprint density at radius 1 is 1.38 bits per heavy atom. The van der Waals surface area contributed by atoms with Crippen LogP contribution in [0, 0.1) is 0 Å². The summed E-state index contributed by atoms with van der Waals surface area (Å²) in [7, 11) is 0. The van der Waals surface area contributed by atoms with E-state index in [0.717, 1.165) is 0 Å². The fraction of sp³-hybridized carbons (Fsp3) is 0.667. The monoisotopic (exact) mass is 226 g/mol. The molecule has 0 bridgehead atoms. The minimum Gasteiger partial charge on any atom is -0.390 e. The predicted octanol–water partition coefficient (Wildman–Crippen LogP) is -1.19. The van der Waals surface area contributed by atoms with Crippen LogP contribution in [0.25, 0.3) is 0 Å². The van der Waals surface area contributed by atoms with Crippen LogP contribution < -0.4 is 16.1 Å². The lowest BCUT2D eigenvalue weighted by atomic mass is 9.94. The van der Waals surface area contributed by atoms with Gasteiger partial charge in [-0.3, -0.25) is 9.78 Å². The zero-order valence-corrected chi connectivity index (χ0v) is 8.99. The SMILES string of the molecule is CC1(O)CCN(c2n[nH]c(=O)[nH]c2=O)CC1. The van der Waals surface area contributed by atoms with Crippen molar-refractivity contribution in [2.75, 3.05) is 18.0 Å². The van der Waals surface area contributed by atoms with E-state index in [2.05, 4.69) is 15.2 Å². The Kier molecular flexibility index (Phi) is 2.55. The molecule has 1 aromatic rings. The molecule has 0 saturated carbocycles. The number of aliphatic hydroxyl groups is 1. The van der Waals surface area contributed by atoms with Gasteiger partial charge in [-0.25, -0.2) is 9.89 Å². The summed E-state index contributed by atoms with van der Waals surface area (Å²) in [5.41, 5.74) is -1.78. The number of aromatic nitrogens is 3. The largest absolute Gasteiger partial charge is 0.390 e. The van der Waals surface area contributed by atoms with Crippen LogP contribution in [0.2, 0.25) is 0 Å². The number of nitrogens with zero attached hydrogens (tertiary/aromatic N) is 2. The second-order valence-corrected chi connectivity index (χ2v) is 4.31. The molecule has 1 fully saturated rings. The maximum Gasteiger partial charge on any atom is 0.342 e. The van der Waals surface area contributed by atoms with Crippen molar-refractivity contribution in [1.29, 1.82) is 0 Å². The number of nitrogens with one attached hydrogen (secondary N) is 2. The molecule has 1 aliphatic rings. The van der Waals surface area contributed by atoms with Crippen molar-refractivity contribution in [3.8, 4) is 0 Å². The molecule has 0 amide bonds. The average Bonchev–Trinajstić information content (AvgIpc) is 2.19. The number of anilines is 1. The Labute approximate surface area is 91.1 Å². The molecule has 0 unspecified atom stereocenters. The van der Waals surface area contributed by atoms with E-state index < -0.39 is 16.9 Å². The van der Waals surface area contributed by atoms with Crippen LogP contribution in [0.3, 0.4) is 0 Å². The molecule has 0 atom stereocenters. The van der Waals surface area contributed by atoms with Crippen LogP contribution in [-0.2, 0) is 0 Å². The van der Waals surface area contributed by atoms with Crippen molar-refractivity contribution in [3.05, 3.63) is 20.8 Å². The van der Waals surface area contributed by atoms with Crippen LogP contribution >= 0.6 is 0 Å². The lowest BCUT2D eigenvalue weighted by Gasteiger charge is -2.35. The van der Waals surface area contributed by atoms with E-state index in [1.165, 1.54) is 0 Å². The van der Waals surface area contributed by atoms with Gasteiger partial charge < -0.3 is 10.0 Å². The summed E-state index contributed by atoms with van der Waals surface area (Å²) in [6.07, 6.45) is 1.15. The molecular weight excluding hydrogens is 212 g/mol. The molecule has 7 heteroatoms. The Morgan fingerprint density at radius 2 is 2.00 bits per heavy atom. The zero-order valence-electron chi connectivity index (χ0n) is 8.99. The van der Waals surface area contributed by atoms with Crippen molar-refractivity contribution in [2.24, 2.45) is 0 Å². The summed E-state index contributed by atoms with van der Waals surface area (Å²) in [5, 5.41) is 15.7. The van der Waals surface area contributed by atoms with E-state index >= 15 is 0 Å². The van der Waals surface area contributed by atoms with Crippen molar-refractivity contribution in [1.82, 2.24) is 15.2 Å². The van der Waals surface area contributed by atoms with Crippen molar-refractivity contribution in [3.63, 3.8) is 0 Å². The highest BCUT2D eigenvalue weighted by Crippen LogP contribution is 2.22. The van der Waals surface area contributed by atoms with Crippen LogP contribution in [-0.4, -0.2) is 39.0 Å². The van der Waals surface area contributed by atoms with Gasteiger partial charge in [0.1, 0.15) is 0 Å². The number of aromatic amines is 2. The topological polar surface area (TPSA) is 102 Å². The van der Waals surface area contributed by atoms with Crippen LogP contribution in [0.4, 0.5) is 5.82 Å². The first-order valence-electron chi connectivity index (χ1n) is 5.14. The Balaban J connectivity index is 2.21. The van der Waals surface area contributed by atoms with E-state index in [4.69, 9.17) is 0 Å². The molecule has 0 spiro atoms. The van der Waals surface area contributed by atoms with Gasteiger partial charge >= 0.3 is 5.69 Å². The highest BCUT2D eigenvalue weighted by Gasteiger charge is 2.28. The Bertz CT molecular complexity index is 480. The molecule has 0 aliphatic carbocycles. The van der Waals surface area contributed by atoms with E-state index in [-0.39, 0.29) is 5.82 Å². The van der Waals surface area contributed by atoms with Gasteiger partial charge in [-0.2, -0.15) is 0 Å². The first-order valence-corrected chi connectivity index (χ1v) is 5.14.